The van der Waals surface area contributed by atoms with Crippen LogP contribution in [0, 0.1) is 0 Å². The van der Waals surface area contributed by atoms with Gasteiger partial charge >= 0.3 is 0 Å². The van der Waals surface area contributed by atoms with Gasteiger partial charge in [-0.05, 0) is 27.7 Å². The fraction of sp³-hybridized carbons (Fsp3) is 0.700. The second kappa shape index (κ2) is 7.15. The summed E-state index contributed by atoms with van der Waals surface area (Å²) in [5.74, 6) is 0. The van der Waals surface area contributed by atoms with Crippen molar-refractivity contribution in [3.8, 4) is 0 Å². The van der Waals surface area contributed by atoms with Crippen LogP contribution in [0.2, 0.25) is 0 Å². The SMILES string of the molecule is COC=C=CN=NN(C(C)C)C(C)C. The molecule has 0 saturated carbocycles. The van der Waals surface area contributed by atoms with Crippen molar-refractivity contribution >= 4 is 0 Å². The van der Waals surface area contributed by atoms with Gasteiger partial charge in [0.15, 0.2) is 0 Å². The molecule has 0 aliphatic heterocycles. The molecular formula is C10H19N3O. The number of hydrogen-bond donors (Lipinski definition) is 0. The minimum Gasteiger partial charge on any atom is -0.496 e. The van der Waals surface area contributed by atoms with Crippen LogP contribution >= 0.6 is 0 Å². The van der Waals surface area contributed by atoms with E-state index in [-0.39, 0.29) is 0 Å². The van der Waals surface area contributed by atoms with Gasteiger partial charge in [-0.1, -0.05) is 11.0 Å². The molecule has 0 bridgehead atoms. The molecule has 0 spiro atoms. The zero-order chi connectivity index (χ0) is 11.0. The highest BCUT2D eigenvalue weighted by Crippen LogP contribution is 2.05. The molecule has 0 fully saturated rings. The Kier molecular flexibility index (Phi) is 6.50. The number of hydrogen-bond acceptors (Lipinski definition) is 3. The summed E-state index contributed by atoms with van der Waals surface area (Å²) in [5, 5.41) is 9.84. The first-order chi connectivity index (χ1) is 6.59. The average molecular weight is 197 g/mol. The van der Waals surface area contributed by atoms with Crippen LogP contribution < -0.4 is 0 Å². The van der Waals surface area contributed by atoms with E-state index < -0.39 is 0 Å². The van der Waals surface area contributed by atoms with E-state index in [0.29, 0.717) is 12.1 Å². The molecule has 0 aromatic rings. The molecule has 0 heterocycles. The van der Waals surface area contributed by atoms with Gasteiger partial charge in [0.2, 0.25) is 0 Å². The van der Waals surface area contributed by atoms with Crippen LogP contribution in [-0.2, 0) is 4.74 Å². The Bertz CT molecular complexity index is 220. The van der Waals surface area contributed by atoms with Gasteiger partial charge in [0.25, 0.3) is 0 Å². The maximum absolute atomic E-state index is 4.66. The molecule has 14 heavy (non-hydrogen) atoms. The lowest BCUT2D eigenvalue weighted by Crippen LogP contribution is -2.31. The molecule has 0 saturated heterocycles. The lowest BCUT2D eigenvalue weighted by atomic mass is 10.3. The molecule has 0 aromatic carbocycles. The maximum atomic E-state index is 4.66. The molecular weight excluding hydrogens is 178 g/mol. The van der Waals surface area contributed by atoms with Gasteiger partial charge in [-0.3, -0.25) is 5.01 Å². The predicted molar refractivity (Wildman–Crippen MR) is 56.6 cm³/mol. The van der Waals surface area contributed by atoms with Crippen LogP contribution in [0.5, 0.6) is 0 Å². The van der Waals surface area contributed by atoms with Crippen molar-refractivity contribution in [2.24, 2.45) is 10.3 Å². The Morgan fingerprint density at radius 3 is 2.21 bits per heavy atom. The first-order valence-corrected chi connectivity index (χ1v) is 4.71. The van der Waals surface area contributed by atoms with Crippen molar-refractivity contribution in [3.63, 3.8) is 0 Å². The Labute approximate surface area is 85.9 Å². The summed E-state index contributed by atoms with van der Waals surface area (Å²) in [6.45, 7) is 8.31. The third kappa shape index (κ3) is 5.38. The summed E-state index contributed by atoms with van der Waals surface area (Å²) >= 11 is 0. The van der Waals surface area contributed by atoms with Crippen molar-refractivity contribution in [3.05, 3.63) is 18.2 Å². The van der Waals surface area contributed by atoms with E-state index >= 15 is 0 Å². The first kappa shape index (κ1) is 12.7. The summed E-state index contributed by atoms with van der Waals surface area (Å²) in [4.78, 5) is 0. The van der Waals surface area contributed by atoms with E-state index in [0.717, 1.165) is 0 Å². The van der Waals surface area contributed by atoms with Gasteiger partial charge in [0, 0.05) is 12.1 Å². The van der Waals surface area contributed by atoms with Crippen molar-refractivity contribution in [2.75, 3.05) is 7.11 Å². The van der Waals surface area contributed by atoms with Crippen LogP contribution in [0.4, 0.5) is 0 Å². The summed E-state index contributed by atoms with van der Waals surface area (Å²) in [6.07, 6.45) is 2.90. The molecule has 0 aliphatic rings. The molecule has 0 rings (SSSR count). The number of methoxy groups -OCH3 is 1. The van der Waals surface area contributed by atoms with E-state index in [1.54, 1.807) is 7.11 Å². The average Bonchev–Trinajstić information content (AvgIpc) is 2.09. The molecule has 0 N–H and O–H groups in total. The lowest BCUT2D eigenvalue weighted by molar-refractivity contribution is 0.169. The molecule has 4 nitrogen and oxygen atoms in total. The Hall–Kier alpha value is -1.28. The van der Waals surface area contributed by atoms with E-state index in [1.165, 1.54) is 12.5 Å². The fourth-order valence-electron chi connectivity index (χ4n) is 1.02. The van der Waals surface area contributed by atoms with Crippen molar-refractivity contribution in [2.45, 2.75) is 39.8 Å². The number of nitrogens with zero attached hydrogens (tertiary/aromatic N) is 3. The number of ether oxygens (including phenoxy) is 1. The molecule has 0 radical (unpaired) electrons. The second-order valence-corrected chi connectivity index (χ2v) is 3.42. The van der Waals surface area contributed by atoms with Gasteiger partial charge < -0.3 is 4.74 Å². The smallest absolute Gasteiger partial charge is 0.126 e. The Morgan fingerprint density at radius 1 is 1.21 bits per heavy atom. The number of rotatable bonds is 5. The van der Waals surface area contributed by atoms with Crippen molar-refractivity contribution in [1.29, 1.82) is 0 Å². The molecule has 0 aromatic heterocycles. The van der Waals surface area contributed by atoms with Gasteiger partial charge in [0.05, 0.1) is 13.3 Å². The molecule has 4 heteroatoms. The van der Waals surface area contributed by atoms with E-state index in [2.05, 4.69) is 48.5 Å². The lowest BCUT2D eigenvalue weighted by Gasteiger charge is -2.25. The van der Waals surface area contributed by atoms with Crippen LogP contribution in [-0.4, -0.2) is 24.2 Å². The molecule has 80 valence electrons. The monoisotopic (exact) mass is 197 g/mol. The normalized spacial score (nSPS) is 10.5. The van der Waals surface area contributed by atoms with Gasteiger partial charge in [-0.25, -0.2) is 0 Å². The highest BCUT2D eigenvalue weighted by atomic mass is 16.5. The third-order valence-electron chi connectivity index (χ3n) is 1.53. The van der Waals surface area contributed by atoms with Crippen LogP contribution in [0.15, 0.2) is 28.5 Å². The van der Waals surface area contributed by atoms with E-state index in [1.807, 2.05) is 5.01 Å². The minimum absolute atomic E-state index is 0.346. The zero-order valence-electron chi connectivity index (χ0n) is 9.56. The first-order valence-electron chi connectivity index (χ1n) is 4.71. The second-order valence-electron chi connectivity index (χ2n) is 3.42. The van der Waals surface area contributed by atoms with Crippen LogP contribution in [0.25, 0.3) is 0 Å². The molecule has 0 aliphatic carbocycles. The predicted octanol–water partition coefficient (Wildman–Crippen LogP) is 2.75. The van der Waals surface area contributed by atoms with Gasteiger partial charge in [-0.2, -0.15) is 0 Å². The Balaban J connectivity index is 4.23. The highest BCUT2D eigenvalue weighted by Gasteiger charge is 2.09. The summed E-state index contributed by atoms with van der Waals surface area (Å²) in [5.41, 5.74) is 2.71. The topological polar surface area (TPSA) is 37.2 Å². The summed E-state index contributed by atoms with van der Waals surface area (Å²) in [6, 6.07) is 0.692. The Morgan fingerprint density at radius 2 is 1.79 bits per heavy atom. The maximum Gasteiger partial charge on any atom is 0.126 e. The standard InChI is InChI=1S/C10H19N3O/c1-9(2)13(10(3)4)12-11-7-6-8-14-5/h7-10H,1-5H3. The minimum atomic E-state index is 0.346. The van der Waals surface area contributed by atoms with E-state index in [9.17, 15) is 0 Å². The van der Waals surface area contributed by atoms with Crippen LogP contribution in [0.1, 0.15) is 27.7 Å². The van der Waals surface area contributed by atoms with Gasteiger partial charge in [0.1, 0.15) is 6.26 Å². The summed E-state index contributed by atoms with van der Waals surface area (Å²) < 4.78 is 4.66. The van der Waals surface area contributed by atoms with Crippen molar-refractivity contribution < 1.29 is 4.74 Å². The highest BCUT2D eigenvalue weighted by molar-refractivity contribution is 4.75. The van der Waals surface area contributed by atoms with Crippen LogP contribution in [0.3, 0.4) is 0 Å². The molecule has 0 amide bonds. The summed E-state index contributed by atoms with van der Waals surface area (Å²) in [7, 11) is 1.56. The quantitative estimate of drug-likeness (QED) is 0.294. The van der Waals surface area contributed by atoms with Crippen molar-refractivity contribution in [1.82, 2.24) is 5.01 Å². The molecule has 0 unspecified atom stereocenters. The van der Waals surface area contributed by atoms with Gasteiger partial charge in [-0.15, -0.1) is 5.11 Å². The third-order valence-corrected chi connectivity index (χ3v) is 1.53. The fourth-order valence-corrected chi connectivity index (χ4v) is 1.02. The largest absolute Gasteiger partial charge is 0.496 e. The zero-order valence-corrected chi connectivity index (χ0v) is 9.56. The van der Waals surface area contributed by atoms with E-state index in [4.69, 9.17) is 0 Å². The molecule has 0 atom stereocenters.